The number of likely N-dealkylation sites (N-methyl/N-ethyl adjacent to an activating group) is 1. The lowest BCUT2D eigenvalue weighted by Crippen LogP contribution is -2.46. The topological polar surface area (TPSA) is 44.8 Å². The van der Waals surface area contributed by atoms with Crippen LogP contribution in [0.2, 0.25) is 0 Å². The van der Waals surface area contributed by atoms with Crippen molar-refractivity contribution in [3.63, 3.8) is 0 Å². The van der Waals surface area contributed by atoms with Gasteiger partial charge in [-0.05, 0) is 43.1 Å². The molecular formula is C19H29N3O2. The Labute approximate surface area is 145 Å². The number of benzene rings is 1. The summed E-state index contributed by atoms with van der Waals surface area (Å²) in [5, 5.41) is 3.10. The number of amides is 1. The van der Waals surface area contributed by atoms with Gasteiger partial charge in [-0.25, -0.2) is 0 Å². The van der Waals surface area contributed by atoms with E-state index in [1.54, 1.807) is 0 Å². The number of carbonyl (C=O) groups is 1. The number of fused-ring (bicyclic) bond motifs is 1. The van der Waals surface area contributed by atoms with Gasteiger partial charge in [0.05, 0.1) is 6.61 Å². The van der Waals surface area contributed by atoms with E-state index < -0.39 is 0 Å². The Hall–Kier alpha value is -1.43. The van der Waals surface area contributed by atoms with Gasteiger partial charge in [0.1, 0.15) is 6.10 Å². The number of nitrogens with one attached hydrogen (secondary N) is 1. The van der Waals surface area contributed by atoms with Crippen molar-refractivity contribution < 1.29 is 9.53 Å². The van der Waals surface area contributed by atoms with E-state index in [0.29, 0.717) is 19.1 Å². The van der Waals surface area contributed by atoms with Gasteiger partial charge >= 0.3 is 0 Å². The molecule has 0 bridgehead atoms. The molecule has 24 heavy (non-hydrogen) atoms. The Bertz CT molecular complexity index is 588. The van der Waals surface area contributed by atoms with Gasteiger partial charge in [0.2, 0.25) is 0 Å². The maximum absolute atomic E-state index is 12.5. The number of ether oxygens (including phenoxy) is 1. The van der Waals surface area contributed by atoms with E-state index >= 15 is 0 Å². The molecule has 1 aromatic rings. The molecule has 1 atom stereocenters. The molecule has 1 fully saturated rings. The van der Waals surface area contributed by atoms with Crippen molar-refractivity contribution in [1.82, 2.24) is 9.80 Å². The second-order valence-electron chi connectivity index (χ2n) is 7.45. The fourth-order valence-corrected chi connectivity index (χ4v) is 3.36. The van der Waals surface area contributed by atoms with Crippen LogP contribution in [-0.2, 0) is 22.6 Å². The van der Waals surface area contributed by atoms with Gasteiger partial charge in [0.15, 0.2) is 0 Å². The van der Waals surface area contributed by atoms with Gasteiger partial charge in [0, 0.05) is 31.9 Å². The van der Waals surface area contributed by atoms with Crippen LogP contribution in [0.3, 0.4) is 0 Å². The highest BCUT2D eigenvalue weighted by atomic mass is 16.5. The summed E-state index contributed by atoms with van der Waals surface area (Å²) in [5.41, 5.74) is 3.54. The summed E-state index contributed by atoms with van der Waals surface area (Å²) in [6, 6.07) is 6.22. The third-order valence-corrected chi connectivity index (χ3v) is 4.89. The van der Waals surface area contributed by atoms with Gasteiger partial charge in [-0.15, -0.1) is 0 Å². The Kier molecular flexibility index (Phi) is 5.54. The summed E-state index contributed by atoms with van der Waals surface area (Å²) < 4.78 is 5.62. The van der Waals surface area contributed by atoms with Crippen LogP contribution in [0.4, 0.5) is 5.69 Å². The summed E-state index contributed by atoms with van der Waals surface area (Å²) in [7, 11) is 2.02. The lowest BCUT2D eigenvalue weighted by atomic mass is 10.1. The number of carbonyl (C=O) groups excluding carboxylic acids is 1. The SMILES string of the molecule is CC(C)CCN1Cc2cccc(NC(=O)[C@@H]3CN(C)CCO3)c2C1. The van der Waals surface area contributed by atoms with E-state index in [1.165, 1.54) is 17.5 Å². The predicted octanol–water partition coefficient (Wildman–Crippen LogP) is 2.32. The molecule has 5 nitrogen and oxygen atoms in total. The average Bonchev–Trinajstić information content (AvgIpc) is 2.97. The van der Waals surface area contributed by atoms with Gasteiger partial charge in [0.25, 0.3) is 5.91 Å². The third-order valence-electron chi connectivity index (χ3n) is 4.89. The van der Waals surface area contributed by atoms with E-state index in [1.807, 2.05) is 19.2 Å². The van der Waals surface area contributed by atoms with E-state index in [9.17, 15) is 4.79 Å². The van der Waals surface area contributed by atoms with Crippen molar-refractivity contribution >= 4 is 11.6 Å². The van der Waals surface area contributed by atoms with Crippen LogP contribution in [0.5, 0.6) is 0 Å². The van der Waals surface area contributed by atoms with Crippen LogP contribution in [0.25, 0.3) is 0 Å². The molecule has 2 heterocycles. The zero-order valence-electron chi connectivity index (χ0n) is 15.0. The molecule has 1 N–H and O–H groups in total. The van der Waals surface area contributed by atoms with Gasteiger partial charge < -0.3 is 15.0 Å². The van der Waals surface area contributed by atoms with Gasteiger partial charge in [-0.1, -0.05) is 26.0 Å². The zero-order chi connectivity index (χ0) is 17.1. The predicted molar refractivity (Wildman–Crippen MR) is 95.9 cm³/mol. The first-order chi connectivity index (χ1) is 11.5. The van der Waals surface area contributed by atoms with E-state index in [0.717, 1.165) is 31.9 Å². The molecule has 0 aliphatic carbocycles. The molecule has 0 unspecified atom stereocenters. The molecule has 0 saturated carbocycles. The standard InChI is InChI=1S/C19H29N3O2/c1-14(2)7-8-22-11-15-5-4-6-17(16(15)12-22)20-19(23)18-13-21(3)9-10-24-18/h4-6,14,18H,7-13H2,1-3H3,(H,20,23)/t18-/m0/s1. The number of anilines is 1. The van der Waals surface area contributed by atoms with E-state index in [-0.39, 0.29) is 12.0 Å². The average molecular weight is 331 g/mol. The fraction of sp³-hybridized carbons (Fsp3) is 0.632. The Morgan fingerprint density at radius 1 is 1.38 bits per heavy atom. The summed E-state index contributed by atoms with van der Waals surface area (Å²) in [6.45, 7) is 9.68. The molecule has 0 aromatic heterocycles. The Balaban J connectivity index is 1.64. The first-order valence-electron chi connectivity index (χ1n) is 8.97. The quantitative estimate of drug-likeness (QED) is 0.899. The molecule has 0 spiro atoms. The summed E-state index contributed by atoms with van der Waals surface area (Å²) in [4.78, 5) is 17.1. The molecule has 5 heteroatoms. The zero-order valence-corrected chi connectivity index (χ0v) is 15.0. The summed E-state index contributed by atoms with van der Waals surface area (Å²) in [6.07, 6.45) is 0.829. The van der Waals surface area contributed by atoms with Crippen molar-refractivity contribution in [2.45, 2.75) is 39.5 Å². The highest BCUT2D eigenvalue weighted by Crippen LogP contribution is 2.30. The third kappa shape index (κ3) is 4.15. The second kappa shape index (κ2) is 7.64. The van der Waals surface area contributed by atoms with Crippen LogP contribution in [0, 0.1) is 5.92 Å². The number of nitrogens with zero attached hydrogens (tertiary/aromatic N) is 2. The van der Waals surface area contributed by atoms with Crippen molar-refractivity contribution in [3.8, 4) is 0 Å². The van der Waals surface area contributed by atoms with Crippen molar-refractivity contribution in [2.75, 3.05) is 38.6 Å². The van der Waals surface area contributed by atoms with Crippen LogP contribution in [-0.4, -0.2) is 55.1 Å². The molecule has 2 aliphatic rings. The van der Waals surface area contributed by atoms with Crippen molar-refractivity contribution in [3.05, 3.63) is 29.3 Å². The molecule has 1 amide bonds. The normalized spacial score (nSPS) is 21.9. The molecule has 132 valence electrons. The smallest absolute Gasteiger partial charge is 0.254 e. The summed E-state index contributed by atoms with van der Waals surface area (Å²) >= 11 is 0. The van der Waals surface area contributed by atoms with Gasteiger partial charge in [-0.3, -0.25) is 9.69 Å². The minimum absolute atomic E-state index is 0.0319. The first-order valence-corrected chi connectivity index (χ1v) is 8.97. The fourth-order valence-electron chi connectivity index (χ4n) is 3.36. The highest BCUT2D eigenvalue weighted by Gasteiger charge is 2.27. The lowest BCUT2D eigenvalue weighted by molar-refractivity contribution is -0.132. The van der Waals surface area contributed by atoms with Crippen LogP contribution in [0.1, 0.15) is 31.4 Å². The molecule has 3 rings (SSSR count). The van der Waals surface area contributed by atoms with E-state index in [2.05, 4.69) is 35.0 Å². The number of hydrogen-bond donors (Lipinski definition) is 1. The van der Waals surface area contributed by atoms with E-state index in [4.69, 9.17) is 4.74 Å². The molecule has 1 aromatic carbocycles. The molecule has 2 aliphatic heterocycles. The van der Waals surface area contributed by atoms with Crippen LogP contribution < -0.4 is 5.32 Å². The largest absolute Gasteiger partial charge is 0.366 e. The number of hydrogen-bond acceptors (Lipinski definition) is 4. The Morgan fingerprint density at radius 2 is 2.21 bits per heavy atom. The maximum Gasteiger partial charge on any atom is 0.254 e. The lowest BCUT2D eigenvalue weighted by Gasteiger charge is -2.29. The van der Waals surface area contributed by atoms with Gasteiger partial charge in [-0.2, -0.15) is 0 Å². The maximum atomic E-state index is 12.5. The number of morpholine rings is 1. The minimum Gasteiger partial charge on any atom is -0.366 e. The van der Waals surface area contributed by atoms with Crippen LogP contribution >= 0.6 is 0 Å². The second-order valence-corrected chi connectivity index (χ2v) is 7.45. The molecule has 1 saturated heterocycles. The molecular weight excluding hydrogens is 302 g/mol. The van der Waals surface area contributed by atoms with Crippen LogP contribution in [0.15, 0.2) is 18.2 Å². The minimum atomic E-state index is -0.377. The van der Waals surface area contributed by atoms with Crippen molar-refractivity contribution in [1.29, 1.82) is 0 Å². The monoisotopic (exact) mass is 331 g/mol. The number of rotatable bonds is 5. The first kappa shape index (κ1) is 17.4. The van der Waals surface area contributed by atoms with Crippen molar-refractivity contribution in [2.24, 2.45) is 5.92 Å². The Morgan fingerprint density at radius 3 is 2.96 bits per heavy atom. The molecule has 0 radical (unpaired) electrons. The summed E-state index contributed by atoms with van der Waals surface area (Å²) in [5.74, 6) is 0.684. The highest BCUT2D eigenvalue weighted by molar-refractivity contribution is 5.95.